The van der Waals surface area contributed by atoms with Crippen molar-refractivity contribution < 1.29 is 17.9 Å². The van der Waals surface area contributed by atoms with Crippen LogP contribution in [0.4, 0.5) is 11.4 Å². The third-order valence-corrected chi connectivity index (χ3v) is 5.71. The van der Waals surface area contributed by atoms with Crippen LogP contribution in [0.5, 0.6) is 5.75 Å². The van der Waals surface area contributed by atoms with Crippen LogP contribution in [0.3, 0.4) is 0 Å². The second kappa shape index (κ2) is 6.52. The highest BCUT2D eigenvalue weighted by Gasteiger charge is 2.28. The minimum absolute atomic E-state index is 0.162. The van der Waals surface area contributed by atoms with Crippen LogP contribution in [-0.4, -0.2) is 33.7 Å². The molecule has 1 N–H and O–H groups in total. The van der Waals surface area contributed by atoms with Crippen LogP contribution in [0.15, 0.2) is 48.5 Å². The Morgan fingerprint density at radius 3 is 2.54 bits per heavy atom. The third kappa shape index (κ3) is 3.35. The molecule has 2 aromatic carbocycles. The molecule has 0 aliphatic carbocycles. The molecule has 1 aliphatic heterocycles. The molecule has 0 spiro atoms. The van der Waals surface area contributed by atoms with Crippen LogP contribution in [0.2, 0.25) is 0 Å². The summed E-state index contributed by atoms with van der Waals surface area (Å²) in [6.07, 6.45) is 0.616. The van der Waals surface area contributed by atoms with Crippen molar-refractivity contribution in [2.24, 2.45) is 0 Å². The lowest BCUT2D eigenvalue weighted by atomic mass is 10.2. The van der Waals surface area contributed by atoms with E-state index in [1.54, 1.807) is 55.6 Å². The molecule has 0 radical (unpaired) electrons. The highest BCUT2D eigenvalue weighted by atomic mass is 32.2. The molecule has 0 aromatic heterocycles. The fourth-order valence-electron chi connectivity index (χ4n) is 2.61. The predicted octanol–water partition coefficient (Wildman–Crippen LogP) is 2.49. The summed E-state index contributed by atoms with van der Waals surface area (Å²) in [6, 6.07) is 13.6. The van der Waals surface area contributed by atoms with E-state index in [9.17, 15) is 13.2 Å². The molecule has 1 aliphatic rings. The Bertz CT molecular complexity index is 847. The van der Waals surface area contributed by atoms with Gasteiger partial charge in [0, 0.05) is 17.8 Å². The maximum atomic E-state index is 12.3. The second-order valence-electron chi connectivity index (χ2n) is 5.47. The molecule has 7 heteroatoms. The van der Waals surface area contributed by atoms with Crippen LogP contribution >= 0.6 is 0 Å². The van der Waals surface area contributed by atoms with E-state index in [4.69, 9.17) is 4.74 Å². The highest BCUT2D eigenvalue weighted by Crippen LogP contribution is 2.26. The van der Waals surface area contributed by atoms with Crippen LogP contribution in [0.1, 0.15) is 16.8 Å². The topological polar surface area (TPSA) is 75.7 Å². The van der Waals surface area contributed by atoms with Crippen molar-refractivity contribution in [1.82, 2.24) is 0 Å². The summed E-state index contributed by atoms with van der Waals surface area (Å²) in [7, 11) is -1.68. The van der Waals surface area contributed by atoms with Crippen molar-refractivity contribution in [3.05, 3.63) is 54.1 Å². The zero-order chi connectivity index (χ0) is 17.2. The van der Waals surface area contributed by atoms with E-state index < -0.39 is 10.0 Å². The fourth-order valence-corrected chi connectivity index (χ4v) is 4.17. The number of methoxy groups -OCH3 is 1. The first kappa shape index (κ1) is 16.3. The molecule has 6 nitrogen and oxygen atoms in total. The number of carbonyl (C=O) groups is 1. The highest BCUT2D eigenvalue weighted by molar-refractivity contribution is 7.93. The monoisotopic (exact) mass is 346 g/mol. The summed E-state index contributed by atoms with van der Waals surface area (Å²) in [6.45, 7) is 0.470. The Morgan fingerprint density at radius 1 is 1.17 bits per heavy atom. The Balaban J connectivity index is 1.78. The van der Waals surface area contributed by atoms with Gasteiger partial charge in [-0.2, -0.15) is 0 Å². The Labute approximate surface area is 141 Å². The lowest BCUT2D eigenvalue weighted by Gasteiger charge is -2.17. The van der Waals surface area contributed by atoms with Gasteiger partial charge in [0.2, 0.25) is 10.0 Å². The number of rotatable bonds is 4. The van der Waals surface area contributed by atoms with E-state index in [1.165, 1.54) is 4.31 Å². The summed E-state index contributed by atoms with van der Waals surface area (Å²) >= 11 is 0. The van der Waals surface area contributed by atoms with E-state index in [-0.39, 0.29) is 11.7 Å². The molecule has 3 rings (SSSR count). The minimum Gasteiger partial charge on any atom is -0.497 e. The molecule has 0 unspecified atom stereocenters. The molecule has 1 fully saturated rings. The predicted molar refractivity (Wildman–Crippen MR) is 93.1 cm³/mol. The molecular formula is C17H18N2O4S. The van der Waals surface area contributed by atoms with Crippen LogP contribution in [0.25, 0.3) is 0 Å². The molecule has 1 heterocycles. The summed E-state index contributed by atoms with van der Waals surface area (Å²) in [5.74, 6) is 0.571. The largest absolute Gasteiger partial charge is 0.497 e. The Morgan fingerprint density at radius 2 is 1.92 bits per heavy atom. The van der Waals surface area contributed by atoms with Gasteiger partial charge in [-0.1, -0.05) is 6.07 Å². The average Bonchev–Trinajstić information content (AvgIpc) is 2.94. The lowest BCUT2D eigenvalue weighted by molar-refractivity contribution is 0.102. The van der Waals surface area contributed by atoms with Gasteiger partial charge in [0.15, 0.2) is 0 Å². The van der Waals surface area contributed by atoms with Gasteiger partial charge in [-0.3, -0.25) is 9.10 Å². The zero-order valence-corrected chi connectivity index (χ0v) is 14.0. The van der Waals surface area contributed by atoms with Crippen molar-refractivity contribution in [1.29, 1.82) is 0 Å². The normalized spacial score (nSPS) is 16.0. The van der Waals surface area contributed by atoms with Crippen molar-refractivity contribution in [3.63, 3.8) is 0 Å². The number of hydrogen-bond acceptors (Lipinski definition) is 4. The molecule has 2 aromatic rings. The summed E-state index contributed by atoms with van der Waals surface area (Å²) in [4.78, 5) is 12.3. The molecule has 0 saturated carbocycles. The van der Waals surface area contributed by atoms with Gasteiger partial charge in [0.1, 0.15) is 5.75 Å². The maximum Gasteiger partial charge on any atom is 0.255 e. The van der Waals surface area contributed by atoms with Gasteiger partial charge in [-0.05, 0) is 48.9 Å². The second-order valence-corrected chi connectivity index (χ2v) is 7.49. The molecule has 0 atom stereocenters. The van der Waals surface area contributed by atoms with E-state index >= 15 is 0 Å². The van der Waals surface area contributed by atoms with Crippen molar-refractivity contribution in [2.75, 3.05) is 29.0 Å². The van der Waals surface area contributed by atoms with E-state index in [0.29, 0.717) is 35.7 Å². The number of hydrogen-bond donors (Lipinski definition) is 1. The zero-order valence-electron chi connectivity index (χ0n) is 13.2. The lowest BCUT2D eigenvalue weighted by Crippen LogP contribution is -2.25. The van der Waals surface area contributed by atoms with Crippen LogP contribution in [-0.2, 0) is 10.0 Å². The van der Waals surface area contributed by atoms with E-state index in [0.717, 1.165) is 0 Å². The van der Waals surface area contributed by atoms with Gasteiger partial charge in [-0.15, -0.1) is 0 Å². The number of nitrogens with zero attached hydrogens (tertiary/aromatic N) is 1. The number of benzene rings is 2. The Kier molecular flexibility index (Phi) is 4.44. The molecule has 0 bridgehead atoms. The number of sulfonamides is 1. The number of ether oxygens (including phenoxy) is 1. The summed E-state index contributed by atoms with van der Waals surface area (Å²) < 4.78 is 30.5. The molecule has 126 valence electrons. The Hall–Kier alpha value is -2.54. The molecule has 24 heavy (non-hydrogen) atoms. The fraction of sp³-hybridized carbons (Fsp3) is 0.235. The van der Waals surface area contributed by atoms with Crippen molar-refractivity contribution in [3.8, 4) is 5.75 Å². The van der Waals surface area contributed by atoms with Gasteiger partial charge in [0.05, 0.1) is 18.6 Å². The van der Waals surface area contributed by atoms with Crippen LogP contribution < -0.4 is 14.4 Å². The van der Waals surface area contributed by atoms with Crippen LogP contribution in [0, 0.1) is 0 Å². The first-order chi connectivity index (χ1) is 11.5. The standard InChI is InChI=1S/C17H18N2O4S/c1-23-16-8-6-13(7-9-16)17(20)18-14-4-2-5-15(12-14)19-10-3-11-24(19,21)22/h2,4-9,12H,3,10-11H2,1H3,(H,18,20). The number of amides is 1. The first-order valence-corrected chi connectivity index (χ1v) is 9.16. The molecule has 1 saturated heterocycles. The maximum absolute atomic E-state index is 12.3. The molecule has 1 amide bonds. The van der Waals surface area contributed by atoms with E-state index in [1.807, 2.05) is 0 Å². The average molecular weight is 346 g/mol. The number of nitrogens with one attached hydrogen (secondary N) is 1. The minimum atomic E-state index is -3.24. The molecular weight excluding hydrogens is 328 g/mol. The van der Waals surface area contributed by atoms with Crippen molar-refractivity contribution >= 4 is 27.3 Å². The van der Waals surface area contributed by atoms with E-state index in [2.05, 4.69) is 5.32 Å². The van der Waals surface area contributed by atoms with Crippen molar-refractivity contribution in [2.45, 2.75) is 6.42 Å². The van der Waals surface area contributed by atoms with Gasteiger partial charge < -0.3 is 10.1 Å². The summed E-state index contributed by atoms with van der Waals surface area (Å²) in [5, 5.41) is 2.79. The van der Waals surface area contributed by atoms with Gasteiger partial charge >= 0.3 is 0 Å². The van der Waals surface area contributed by atoms with Gasteiger partial charge in [0.25, 0.3) is 5.91 Å². The smallest absolute Gasteiger partial charge is 0.255 e. The number of anilines is 2. The SMILES string of the molecule is COc1ccc(C(=O)Nc2cccc(N3CCCS3(=O)=O)c2)cc1. The summed E-state index contributed by atoms with van der Waals surface area (Å²) in [5.41, 5.74) is 1.62. The quantitative estimate of drug-likeness (QED) is 0.923. The third-order valence-electron chi connectivity index (χ3n) is 3.84. The van der Waals surface area contributed by atoms with Gasteiger partial charge in [-0.25, -0.2) is 8.42 Å². The number of carbonyl (C=O) groups excluding carboxylic acids is 1. The first-order valence-electron chi connectivity index (χ1n) is 7.55.